The molecule has 0 saturated carbocycles. The van der Waals surface area contributed by atoms with Gasteiger partial charge in [0.25, 0.3) is 0 Å². The fourth-order valence-corrected chi connectivity index (χ4v) is 18.2. The molecule has 5 fully saturated rings. The lowest BCUT2D eigenvalue weighted by Crippen LogP contribution is -2.62. The summed E-state index contributed by atoms with van der Waals surface area (Å²) in [7, 11) is 2.61. The van der Waals surface area contributed by atoms with Crippen LogP contribution in [-0.2, 0) is 76.2 Å². The molecular formula is C90H105Cl2N9O36. The minimum absolute atomic E-state index is 0.0862. The zero-order chi connectivity index (χ0) is 98.5. The van der Waals surface area contributed by atoms with Crippen LogP contribution < -0.4 is 67.6 Å². The average Bonchev–Trinajstić information content (AvgIpc) is 0.759. The Balaban J connectivity index is 0.952. The Morgan fingerprint density at radius 1 is 0.526 bits per heavy atom. The van der Waals surface area contributed by atoms with Crippen LogP contribution in [-0.4, -0.2) is 316 Å². The highest BCUT2D eigenvalue weighted by Gasteiger charge is 2.54. The fraction of sp³-hybridized carbons (Fsp3) is 0.478. The van der Waals surface area contributed by atoms with E-state index >= 15 is 28.8 Å². The molecule has 34 atom stereocenters. The lowest BCUT2D eigenvalue weighted by atomic mass is 9.80. The van der Waals surface area contributed by atoms with Gasteiger partial charge in [-0.3, -0.25) is 28.8 Å². The lowest BCUT2D eigenvalue weighted by molar-refractivity contribution is -0.330. The first kappa shape index (κ1) is 101. The molecule has 45 nitrogen and oxygen atoms in total. The molecule has 6 amide bonds. The minimum atomic E-state index is -2.48. The maximum atomic E-state index is 17.0. The molecule has 11 bridgehead atoms. The number of rotatable bonds is 19. The number of aromatic hydroxyl groups is 3. The maximum Gasteiger partial charge on any atom is 0.330 e. The molecule has 1 aliphatic carbocycles. The Labute approximate surface area is 788 Å². The Morgan fingerprint density at radius 2 is 1.09 bits per heavy atom. The number of aliphatic hydroxyl groups is 12. The van der Waals surface area contributed by atoms with Crippen molar-refractivity contribution in [3.05, 3.63) is 182 Å². The first-order valence-corrected chi connectivity index (χ1v) is 44.3. The first-order valence-electron chi connectivity index (χ1n) is 43.6. The van der Waals surface area contributed by atoms with Gasteiger partial charge in [0.2, 0.25) is 53.8 Å². The number of phenolic OH excluding ortho intramolecular Hbond substituents is 3. The van der Waals surface area contributed by atoms with Gasteiger partial charge in [-0.1, -0.05) is 77.8 Å². The second kappa shape index (κ2) is 42.2. The van der Waals surface area contributed by atoms with Crippen LogP contribution in [0.25, 0.3) is 0 Å². The smallest absolute Gasteiger partial charge is 0.330 e. The summed E-state index contributed by atoms with van der Waals surface area (Å²) in [5.74, 6) is -16.8. The standard InChI is InChI=1S/C90H105Cl2N9O36/c1-31-67(108)47(93)27-57(126-31)134-77-38-12-19-52(46(92)22-38)131-54-24-39-23-53(78(54)137-90-80(74(115)71(112)56(30-103)133-90)135-58-28-48(94)68(109)32(2)127-58)129-41-15-8-35(9-16-41)76(136-88-75(116)72(113)70(111)55(29-102)132-88)65(100-81(117)60(95-4)34-6-13-42(14-7-34)130-89-79(125-5)73(114)69(110)33(3)128-89)85(121)97-62(37-11-18-50(106)45(91)21-37)82(118)98-63(39)84(120)96-61-36-10-17-49(105)43(20-36)59-44(25-40(104)26-51(59)107)64(87(123)124)99-86(122)66(77)101-83(61)119/h6-26,31-33,43,47-49,55-58,60-77,79-80,88-90,95,102-116H,27-30,93-94H2,1-5H3,(H,96,120)(H,97,121)(H,98,118)(H,99,122)(H,100,117)(H,101,119)(H,123,124)/t31-,32-,33-,43?,47-,48-,49?,55+,56-,57+,58-,60-,61-,62+,63-,64?,65+,66+,67+,68+,69-,70+,71-,72-,73+,74-,75+,76+,77-,79+,80-,88+,89+,90-/m1/s1. The number of carbonyl (C=O) groups is 7. The third kappa shape index (κ3) is 21.1. The molecule has 17 rings (SSSR count). The highest BCUT2D eigenvalue weighted by molar-refractivity contribution is 6.32. The summed E-state index contributed by atoms with van der Waals surface area (Å²) in [6, 6.07) is 3.18. The molecular weight excluding hydrogens is 1850 g/mol. The zero-order valence-electron chi connectivity index (χ0n) is 73.3. The van der Waals surface area contributed by atoms with Gasteiger partial charge in [0.15, 0.2) is 42.5 Å². The van der Waals surface area contributed by atoms with E-state index in [4.69, 9.17) is 96.2 Å². The molecule has 0 spiro atoms. The number of aliphatic carboxylic acids is 1. The van der Waals surface area contributed by atoms with Crippen molar-refractivity contribution in [1.29, 1.82) is 0 Å². The molecule has 11 aliphatic rings. The van der Waals surface area contributed by atoms with Gasteiger partial charge in [0.05, 0.1) is 59.9 Å². The number of hydrogen-bond donors (Lipinski definition) is 25. The summed E-state index contributed by atoms with van der Waals surface area (Å²) in [5.41, 5.74) is 10.4. The summed E-state index contributed by atoms with van der Waals surface area (Å²) < 4.78 is 82.1. The van der Waals surface area contributed by atoms with Gasteiger partial charge in [0.1, 0.15) is 144 Å². The monoisotopic (exact) mass is 1960 g/mol. The number of methoxy groups -OCH3 is 1. The summed E-state index contributed by atoms with van der Waals surface area (Å²) in [6.45, 7) is 2.34. The van der Waals surface area contributed by atoms with E-state index < -0.39 is 329 Å². The van der Waals surface area contributed by atoms with Gasteiger partial charge in [0, 0.05) is 49.6 Å². The summed E-state index contributed by atoms with van der Waals surface area (Å²) in [4.78, 5) is 112. The number of carbonyl (C=O) groups excluding carboxylic acids is 6. The van der Waals surface area contributed by atoms with Gasteiger partial charge < -0.3 is 192 Å². The van der Waals surface area contributed by atoms with Crippen LogP contribution in [0.15, 0.2) is 133 Å². The van der Waals surface area contributed by atoms with E-state index in [1.807, 2.05) is 0 Å². The van der Waals surface area contributed by atoms with Crippen LogP contribution >= 0.6 is 23.2 Å². The number of aliphatic hydroxyl groups excluding tert-OH is 12. The summed E-state index contributed by atoms with van der Waals surface area (Å²) in [6.07, 6.45) is -37.5. The van der Waals surface area contributed by atoms with Gasteiger partial charge in [-0.2, -0.15) is 0 Å². The second-order valence-corrected chi connectivity index (χ2v) is 35.3. The number of phenols is 3. The van der Waals surface area contributed by atoms with Crippen LogP contribution in [0.1, 0.15) is 115 Å². The molecule has 47 heteroatoms. The van der Waals surface area contributed by atoms with E-state index in [-0.39, 0.29) is 52.2 Å². The molecule has 0 aromatic heterocycles. The van der Waals surface area contributed by atoms with Crippen molar-refractivity contribution in [1.82, 2.24) is 37.2 Å². The van der Waals surface area contributed by atoms with Gasteiger partial charge in [-0.15, -0.1) is 0 Å². The topological polar surface area (TPSA) is 699 Å². The SMILES string of the molecule is CN[C@@H](C(=O)N[C@@H]1C(=O)N[C@@H](c2ccc(O)c(Cl)c2)C(=O)N[C@H]2C(=O)N[C@H]3C(=O)N[C@H](C(=O)NC(C(=O)O)c4cc(O)cc(O)c4C4C=C3C=CC4O)[C@H](O[C@H]3C[C@@H](N)[C@@H](O)[C@@H](C)O3)c3ccc(c(Cl)c3)Oc3cc2cc(c3O[C@H]2O[C@H](CO)[C@@H](O)[C@@H](O)[C@H]2O[C@@H]2C[C@@H](N)[C@@H](O)[C@@H](C)O2)Oc2ccc(cc2)[C@@H]1O[C@@H]1O[C@@H](CO)[C@H](O)[C@@H](O)[C@@H]1O)c1ccc(O[C@@H]2O[C@H](C)[C@@H](O)[C@H](O)[C@@H]2OC)cc1. The Kier molecular flexibility index (Phi) is 31.0. The number of carboxylic acid groups (broad SMARTS) is 1. The van der Waals surface area contributed by atoms with E-state index in [0.29, 0.717) is 0 Å². The minimum Gasteiger partial charge on any atom is -0.508 e. The van der Waals surface area contributed by atoms with E-state index in [1.165, 1.54) is 95.6 Å². The first-order chi connectivity index (χ1) is 65.2. The molecule has 740 valence electrons. The predicted molar refractivity (Wildman–Crippen MR) is 466 cm³/mol. The third-order valence-electron chi connectivity index (χ3n) is 25.3. The molecule has 3 unspecified atom stereocenters. The number of nitrogens with two attached hydrogens (primary N) is 2. The number of benzene rings is 6. The van der Waals surface area contributed by atoms with E-state index in [9.17, 15) is 86.5 Å². The van der Waals surface area contributed by atoms with Crippen molar-refractivity contribution in [3.8, 4) is 51.7 Å². The van der Waals surface area contributed by atoms with Crippen LogP contribution in [0, 0.1) is 0 Å². The van der Waals surface area contributed by atoms with Crippen LogP contribution in [0.3, 0.4) is 0 Å². The molecule has 137 heavy (non-hydrogen) atoms. The van der Waals surface area contributed by atoms with E-state index in [1.54, 1.807) is 0 Å². The summed E-state index contributed by atoms with van der Waals surface area (Å²) in [5, 5.41) is 198. The Morgan fingerprint density at radius 3 is 1.72 bits per heavy atom. The van der Waals surface area contributed by atoms with Gasteiger partial charge >= 0.3 is 5.97 Å². The number of ether oxygens (including phenoxy) is 13. The average molecular weight is 1960 g/mol. The zero-order valence-corrected chi connectivity index (χ0v) is 74.8. The molecule has 27 N–H and O–H groups in total. The van der Waals surface area contributed by atoms with Crippen molar-refractivity contribution in [2.45, 2.75) is 241 Å². The Hall–Kier alpha value is -10.7. The quantitative estimate of drug-likeness (QED) is 0.0404. The molecule has 6 aromatic rings. The molecule has 10 heterocycles. The number of carboxylic acids is 1. The summed E-state index contributed by atoms with van der Waals surface area (Å²) >= 11 is 14.2. The van der Waals surface area contributed by atoms with Crippen molar-refractivity contribution in [3.63, 3.8) is 0 Å². The van der Waals surface area contributed by atoms with Crippen molar-refractivity contribution in [2.75, 3.05) is 27.4 Å². The van der Waals surface area contributed by atoms with E-state index in [0.717, 1.165) is 66.8 Å². The Bertz CT molecular complexity index is 5480. The normalized spacial score (nSPS) is 35.5. The largest absolute Gasteiger partial charge is 0.508 e. The predicted octanol–water partition coefficient (Wildman–Crippen LogP) is -2.33. The number of hydrogen-bond acceptors (Lipinski definition) is 38. The molecule has 10 aliphatic heterocycles. The number of halogens is 2. The van der Waals surface area contributed by atoms with Crippen LogP contribution in [0.4, 0.5) is 0 Å². The number of fused-ring (bicyclic) bond motifs is 14. The molecule has 6 aromatic carbocycles. The molecule has 0 radical (unpaired) electrons. The number of nitrogens with one attached hydrogen (secondary N) is 7. The number of amides is 6. The van der Waals surface area contributed by atoms with Crippen molar-refractivity contribution >= 4 is 64.6 Å². The second-order valence-electron chi connectivity index (χ2n) is 34.5. The third-order valence-corrected chi connectivity index (χ3v) is 25.9. The van der Waals surface area contributed by atoms with Crippen LogP contribution in [0.5, 0.6) is 51.7 Å². The highest BCUT2D eigenvalue weighted by Crippen LogP contribution is 2.50. The number of likely N-dealkylation sites (N-methyl/N-ethyl adjacent to an activating group) is 1. The van der Waals surface area contributed by atoms with Crippen molar-refractivity contribution < 1.29 is 177 Å². The maximum absolute atomic E-state index is 17.0. The lowest BCUT2D eigenvalue weighted by Gasteiger charge is -2.44. The highest BCUT2D eigenvalue weighted by atomic mass is 35.5. The van der Waals surface area contributed by atoms with Gasteiger partial charge in [-0.25, -0.2) is 4.79 Å². The molecule has 5 saturated heterocycles. The van der Waals surface area contributed by atoms with E-state index in [2.05, 4.69) is 37.2 Å². The fourth-order valence-electron chi connectivity index (χ4n) is 17.8. The van der Waals surface area contributed by atoms with Crippen LogP contribution in [0.2, 0.25) is 10.0 Å². The van der Waals surface area contributed by atoms with Crippen molar-refractivity contribution in [2.24, 2.45) is 11.5 Å². The van der Waals surface area contributed by atoms with Gasteiger partial charge in [-0.05, 0) is 134 Å².